The normalized spacial score (nSPS) is 23.3. The van der Waals surface area contributed by atoms with E-state index < -0.39 is 29.2 Å². The summed E-state index contributed by atoms with van der Waals surface area (Å²) in [7, 11) is 0. The number of benzene rings is 3. The van der Waals surface area contributed by atoms with Crippen molar-refractivity contribution in [2.24, 2.45) is 5.73 Å². The van der Waals surface area contributed by atoms with Crippen LogP contribution in [0.1, 0.15) is 46.3 Å². The molecule has 3 heterocycles. The average Bonchev–Trinajstić information content (AvgIpc) is 3.65. The molecule has 6 nitrogen and oxygen atoms in total. The van der Waals surface area contributed by atoms with Crippen molar-refractivity contribution in [2.75, 3.05) is 6.54 Å². The highest BCUT2D eigenvalue weighted by atomic mass is 35.5. The SMILES string of the molecule is N#CCC1Cc2cc(C(N)=O)c(-c3c(Cl)c(F)cc4c3C[C@](c3ccccc3)([C@@H]3CCCN3)O4)c(F)c2O1. The minimum atomic E-state index is -0.888. The molecule has 3 atom stereocenters. The second-order valence-electron chi connectivity index (χ2n) is 9.98. The Labute approximate surface area is 223 Å². The molecule has 0 bridgehead atoms. The van der Waals surface area contributed by atoms with Crippen LogP contribution in [-0.4, -0.2) is 24.6 Å². The first kappa shape index (κ1) is 24.7. The molecule has 3 aromatic rings. The molecule has 38 heavy (non-hydrogen) atoms. The van der Waals surface area contributed by atoms with Crippen molar-refractivity contribution in [1.29, 1.82) is 5.26 Å². The molecule has 3 aromatic carbocycles. The maximum Gasteiger partial charge on any atom is 0.249 e. The molecule has 3 aliphatic rings. The number of fused-ring (bicyclic) bond motifs is 2. The zero-order chi connectivity index (χ0) is 26.6. The van der Waals surface area contributed by atoms with Crippen molar-refractivity contribution in [3.63, 3.8) is 0 Å². The van der Waals surface area contributed by atoms with Gasteiger partial charge < -0.3 is 20.5 Å². The highest BCUT2D eigenvalue weighted by Crippen LogP contribution is 2.53. The van der Waals surface area contributed by atoms with Crippen LogP contribution >= 0.6 is 11.6 Å². The quantitative estimate of drug-likeness (QED) is 0.469. The van der Waals surface area contributed by atoms with E-state index in [4.69, 9.17) is 32.1 Å². The summed E-state index contributed by atoms with van der Waals surface area (Å²) in [4.78, 5) is 12.6. The number of nitriles is 1. The van der Waals surface area contributed by atoms with E-state index in [2.05, 4.69) is 5.32 Å². The maximum atomic E-state index is 16.2. The van der Waals surface area contributed by atoms with Gasteiger partial charge in [0, 0.05) is 41.2 Å². The first-order valence-electron chi connectivity index (χ1n) is 12.5. The van der Waals surface area contributed by atoms with E-state index in [1.807, 2.05) is 36.4 Å². The lowest BCUT2D eigenvalue weighted by Gasteiger charge is -2.35. The summed E-state index contributed by atoms with van der Waals surface area (Å²) in [6.07, 6.45) is 1.80. The molecule has 3 N–H and O–H groups in total. The summed E-state index contributed by atoms with van der Waals surface area (Å²) in [5.74, 6) is -2.39. The van der Waals surface area contributed by atoms with Gasteiger partial charge in [0.2, 0.25) is 5.91 Å². The Morgan fingerprint density at radius 2 is 2.03 bits per heavy atom. The van der Waals surface area contributed by atoms with Crippen LogP contribution in [0.5, 0.6) is 11.5 Å². The highest BCUT2D eigenvalue weighted by Gasteiger charge is 2.50. The molecule has 1 fully saturated rings. The van der Waals surface area contributed by atoms with Crippen molar-refractivity contribution in [1.82, 2.24) is 5.32 Å². The predicted octanol–water partition coefficient (Wildman–Crippen LogP) is 5.18. The Morgan fingerprint density at radius 3 is 2.71 bits per heavy atom. The molecule has 1 unspecified atom stereocenters. The van der Waals surface area contributed by atoms with Gasteiger partial charge in [-0.2, -0.15) is 5.26 Å². The van der Waals surface area contributed by atoms with Crippen LogP contribution in [0.25, 0.3) is 11.1 Å². The van der Waals surface area contributed by atoms with Gasteiger partial charge in [0.05, 0.1) is 29.1 Å². The molecular weight excluding hydrogens is 512 g/mol. The van der Waals surface area contributed by atoms with E-state index in [1.165, 1.54) is 12.1 Å². The van der Waals surface area contributed by atoms with Crippen LogP contribution in [0.15, 0.2) is 42.5 Å². The van der Waals surface area contributed by atoms with Crippen LogP contribution in [0.3, 0.4) is 0 Å². The van der Waals surface area contributed by atoms with Crippen molar-refractivity contribution in [2.45, 2.75) is 49.9 Å². The Kier molecular flexibility index (Phi) is 6.01. The van der Waals surface area contributed by atoms with Gasteiger partial charge in [-0.15, -0.1) is 0 Å². The Hall–Kier alpha value is -3.67. The number of carbonyl (C=O) groups excluding carboxylic acids is 1. The van der Waals surface area contributed by atoms with Gasteiger partial charge in [0.25, 0.3) is 0 Å². The zero-order valence-electron chi connectivity index (χ0n) is 20.3. The fraction of sp³-hybridized carbons (Fsp3) is 0.310. The zero-order valence-corrected chi connectivity index (χ0v) is 21.1. The molecule has 9 heteroatoms. The summed E-state index contributed by atoms with van der Waals surface area (Å²) in [5.41, 5.74) is 6.30. The van der Waals surface area contributed by atoms with Gasteiger partial charge in [-0.25, -0.2) is 8.78 Å². The van der Waals surface area contributed by atoms with E-state index in [1.54, 1.807) is 0 Å². The first-order valence-corrected chi connectivity index (χ1v) is 12.9. The highest BCUT2D eigenvalue weighted by molar-refractivity contribution is 6.34. The maximum absolute atomic E-state index is 16.2. The van der Waals surface area contributed by atoms with Crippen LogP contribution < -0.4 is 20.5 Å². The number of rotatable bonds is 5. The summed E-state index contributed by atoms with van der Waals surface area (Å²) < 4.78 is 43.9. The van der Waals surface area contributed by atoms with Gasteiger partial charge in [0.1, 0.15) is 17.7 Å². The van der Waals surface area contributed by atoms with Crippen LogP contribution in [0.4, 0.5) is 8.78 Å². The molecule has 3 aliphatic heterocycles. The topological polar surface area (TPSA) is 97.4 Å². The third kappa shape index (κ3) is 3.72. The molecular formula is C29H24ClF2N3O3. The number of halogens is 3. The number of hydrogen-bond donors (Lipinski definition) is 2. The van der Waals surface area contributed by atoms with E-state index in [9.17, 15) is 4.79 Å². The largest absolute Gasteiger partial charge is 0.486 e. The van der Waals surface area contributed by atoms with Crippen molar-refractivity contribution in [3.05, 3.63) is 81.4 Å². The molecule has 6 rings (SSSR count). The number of nitrogens with one attached hydrogen (secondary N) is 1. The Balaban J connectivity index is 1.57. The lowest BCUT2D eigenvalue weighted by molar-refractivity contribution is 0.0539. The number of carbonyl (C=O) groups is 1. The van der Waals surface area contributed by atoms with Gasteiger partial charge in [0.15, 0.2) is 17.2 Å². The molecule has 1 saturated heterocycles. The van der Waals surface area contributed by atoms with Gasteiger partial charge in [-0.3, -0.25) is 4.79 Å². The van der Waals surface area contributed by atoms with Gasteiger partial charge in [-0.1, -0.05) is 41.9 Å². The van der Waals surface area contributed by atoms with Crippen LogP contribution in [0.2, 0.25) is 5.02 Å². The van der Waals surface area contributed by atoms with E-state index in [0.717, 1.165) is 24.9 Å². The smallest absolute Gasteiger partial charge is 0.249 e. The van der Waals surface area contributed by atoms with Crippen molar-refractivity contribution < 1.29 is 23.0 Å². The number of hydrogen-bond acceptors (Lipinski definition) is 5. The molecule has 1 amide bonds. The summed E-state index contributed by atoms with van der Waals surface area (Å²) in [5, 5.41) is 12.3. The van der Waals surface area contributed by atoms with Gasteiger partial charge in [-0.05, 0) is 31.0 Å². The van der Waals surface area contributed by atoms with Gasteiger partial charge >= 0.3 is 0 Å². The lowest BCUT2D eigenvalue weighted by atomic mass is 9.80. The molecule has 0 aromatic heterocycles. The molecule has 194 valence electrons. The molecule has 0 radical (unpaired) electrons. The average molecular weight is 536 g/mol. The third-order valence-electron chi connectivity index (χ3n) is 7.77. The van der Waals surface area contributed by atoms with E-state index in [0.29, 0.717) is 11.1 Å². The van der Waals surface area contributed by atoms with Crippen LogP contribution in [-0.2, 0) is 18.4 Å². The predicted molar refractivity (Wildman–Crippen MR) is 137 cm³/mol. The summed E-state index contributed by atoms with van der Waals surface area (Å²) in [6.45, 7) is 0.813. The molecule has 0 saturated carbocycles. The van der Waals surface area contributed by atoms with Crippen LogP contribution in [0, 0.1) is 23.0 Å². The fourth-order valence-corrected chi connectivity index (χ4v) is 6.36. The minimum Gasteiger partial charge on any atom is -0.486 e. The second kappa shape index (κ2) is 9.26. The lowest BCUT2D eigenvalue weighted by Crippen LogP contribution is -2.48. The first-order chi connectivity index (χ1) is 18.3. The third-order valence-corrected chi connectivity index (χ3v) is 8.14. The Morgan fingerprint density at radius 1 is 1.24 bits per heavy atom. The number of nitrogens with zero attached hydrogens (tertiary/aromatic N) is 1. The van der Waals surface area contributed by atoms with Crippen molar-refractivity contribution >= 4 is 17.5 Å². The second-order valence-corrected chi connectivity index (χ2v) is 10.4. The minimum absolute atomic E-state index is 0.0268. The summed E-state index contributed by atoms with van der Waals surface area (Å²) >= 11 is 6.54. The van der Waals surface area contributed by atoms with Crippen molar-refractivity contribution in [3.8, 4) is 28.7 Å². The number of amides is 1. The monoisotopic (exact) mass is 535 g/mol. The standard InChI is InChI=1S/C29H24ClF2N3O3/c30-25-20(31)13-21-19(14-29(38-21,22-7-4-10-35-22)16-5-2-1-3-6-16)23(25)24-18(28(34)36)12-15-11-17(8-9-33)37-27(15)26(24)32/h1-3,5-6,12-13,17,22,35H,4,7-8,10-11,14H2,(H2,34,36)/t17?,22-,29-/m0/s1. The fourth-order valence-electron chi connectivity index (χ4n) is 6.09. The van der Waals surface area contributed by atoms with E-state index in [-0.39, 0.29) is 58.5 Å². The number of nitrogens with two attached hydrogens (primary N) is 1. The molecule has 0 aliphatic carbocycles. The van der Waals surface area contributed by atoms with E-state index >= 15 is 8.78 Å². The number of ether oxygens (including phenoxy) is 2. The number of primary amides is 1. The summed E-state index contributed by atoms with van der Waals surface area (Å²) in [6, 6.07) is 14.2. The Bertz CT molecular complexity index is 1500. The molecule has 0 spiro atoms.